The minimum Gasteiger partial charge on any atom is -0.311 e. The van der Waals surface area contributed by atoms with Gasteiger partial charge in [-0.15, -0.1) is 0 Å². The largest absolute Gasteiger partial charge is 0.311 e. The van der Waals surface area contributed by atoms with Crippen LogP contribution >= 0.6 is 15.9 Å². The predicted octanol–water partition coefficient (Wildman–Crippen LogP) is 4.08. The Hall–Kier alpha value is -0.340. The van der Waals surface area contributed by atoms with E-state index in [4.69, 9.17) is 0 Å². The van der Waals surface area contributed by atoms with Gasteiger partial charge in [-0.2, -0.15) is 0 Å². The summed E-state index contributed by atoms with van der Waals surface area (Å²) in [5, 5.41) is 3.78. The second kappa shape index (κ2) is 4.74. The fourth-order valence-electron chi connectivity index (χ4n) is 2.87. The van der Waals surface area contributed by atoms with Gasteiger partial charge in [0.15, 0.2) is 0 Å². The van der Waals surface area contributed by atoms with Crippen LogP contribution in [0.5, 0.6) is 0 Å². The molecule has 1 aromatic rings. The van der Waals surface area contributed by atoms with Crippen LogP contribution in [0.1, 0.15) is 44.1 Å². The molecule has 0 bridgehead atoms. The van der Waals surface area contributed by atoms with Gasteiger partial charge in [0.25, 0.3) is 0 Å². The highest BCUT2D eigenvalue weighted by atomic mass is 79.9. The molecule has 2 aliphatic carbocycles. The van der Waals surface area contributed by atoms with Crippen molar-refractivity contribution in [2.24, 2.45) is 5.92 Å². The van der Waals surface area contributed by atoms with Crippen molar-refractivity contribution in [2.45, 2.75) is 50.6 Å². The van der Waals surface area contributed by atoms with Crippen LogP contribution in [-0.4, -0.2) is 12.1 Å². The van der Waals surface area contributed by atoms with Crippen molar-refractivity contribution in [3.05, 3.63) is 34.3 Å². The second-order valence-corrected chi connectivity index (χ2v) is 6.63. The van der Waals surface area contributed by atoms with Gasteiger partial charge in [-0.1, -0.05) is 28.1 Å². The van der Waals surface area contributed by atoms with Crippen molar-refractivity contribution in [1.29, 1.82) is 0 Å². The molecule has 17 heavy (non-hydrogen) atoms. The smallest absolute Gasteiger partial charge is 0.0175 e. The van der Waals surface area contributed by atoms with Crippen LogP contribution in [0, 0.1) is 5.92 Å². The predicted molar refractivity (Wildman–Crippen MR) is 75.2 cm³/mol. The van der Waals surface area contributed by atoms with Crippen molar-refractivity contribution in [3.8, 4) is 0 Å². The maximum Gasteiger partial charge on any atom is 0.0175 e. The molecule has 1 aromatic carbocycles. The van der Waals surface area contributed by atoms with E-state index in [0.29, 0.717) is 0 Å². The molecule has 2 aliphatic rings. The first-order valence-electron chi connectivity index (χ1n) is 6.74. The summed E-state index contributed by atoms with van der Waals surface area (Å²) in [6.07, 6.45) is 5.52. The molecule has 0 amide bonds. The molecule has 2 fully saturated rings. The quantitative estimate of drug-likeness (QED) is 0.882. The fraction of sp³-hybridized carbons (Fsp3) is 0.600. The van der Waals surface area contributed by atoms with Gasteiger partial charge in [0, 0.05) is 16.6 Å². The lowest BCUT2D eigenvalue weighted by Crippen LogP contribution is -2.45. The summed E-state index contributed by atoms with van der Waals surface area (Å²) in [6, 6.07) is 10.3. The summed E-state index contributed by atoms with van der Waals surface area (Å²) >= 11 is 3.49. The van der Waals surface area contributed by atoms with E-state index in [9.17, 15) is 0 Å². The zero-order chi connectivity index (χ0) is 11.8. The number of nitrogens with one attached hydrogen (secondary N) is 1. The van der Waals surface area contributed by atoms with Gasteiger partial charge in [-0.3, -0.25) is 0 Å². The molecular weight excluding hydrogens is 274 g/mol. The Kier molecular flexibility index (Phi) is 3.27. The SMILES string of the molecule is CC(NC1CC(c2ccc(Br)cc2)C1)C1CC1. The lowest BCUT2D eigenvalue weighted by Gasteiger charge is -2.38. The van der Waals surface area contributed by atoms with E-state index >= 15 is 0 Å². The van der Waals surface area contributed by atoms with Crippen LogP contribution in [-0.2, 0) is 0 Å². The van der Waals surface area contributed by atoms with Crippen LogP contribution in [0.15, 0.2) is 28.7 Å². The highest BCUT2D eigenvalue weighted by Gasteiger charge is 2.34. The molecule has 0 spiro atoms. The molecule has 92 valence electrons. The van der Waals surface area contributed by atoms with Gasteiger partial charge in [-0.05, 0) is 62.1 Å². The van der Waals surface area contributed by atoms with E-state index in [1.807, 2.05) is 0 Å². The van der Waals surface area contributed by atoms with Gasteiger partial charge in [0.05, 0.1) is 0 Å². The average Bonchev–Trinajstić information content (AvgIpc) is 3.08. The molecular formula is C15H20BrN. The van der Waals surface area contributed by atoms with Crippen molar-refractivity contribution in [1.82, 2.24) is 5.32 Å². The molecule has 1 atom stereocenters. The van der Waals surface area contributed by atoms with Crippen LogP contribution in [0.4, 0.5) is 0 Å². The third kappa shape index (κ3) is 2.74. The summed E-state index contributed by atoms with van der Waals surface area (Å²) in [5.41, 5.74) is 1.50. The monoisotopic (exact) mass is 293 g/mol. The minimum absolute atomic E-state index is 0.742. The Balaban J connectivity index is 1.48. The zero-order valence-corrected chi connectivity index (χ0v) is 11.9. The molecule has 0 heterocycles. The average molecular weight is 294 g/mol. The van der Waals surface area contributed by atoms with E-state index in [-0.39, 0.29) is 0 Å². The van der Waals surface area contributed by atoms with Gasteiger partial charge >= 0.3 is 0 Å². The third-order valence-corrected chi connectivity index (χ3v) is 4.84. The van der Waals surface area contributed by atoms with Crippen molar-refractivity contribution < 1.29 is 0 Å². The normalized spacial score (nSPS) is 29.8. The third-order valence-electron chi connectivity index (χ3n) is 4.31. The first-order chi connectivity index (χ1) is 8.22. The van der Waals surface area contributed by atoms with E-state index in [2.05, 4.69) is 52.4 Å². The molecule has 1 N–H and O–H groups in total. The van der Waals surface area contributed by atoms with Gasteiger partial charge in [0.1, 0.15) is 0 Å². The topological polar surface area (TPSA) is 12.0 Å². The number of halogens is 1. The lowest BCUT2D eigenvalue weighted by atomic mass is 9.75. The van der Waals surface area contributed by atoms with Crippen molar-refractivity contribution in [2.75, 3.05) is 0 Å². The highest BCUT2D eigenvalue weighted by molar-refractivity contribution is 9.10. The van der Waals surface area contributed by atoms with E-state index in [0.717, 1.165) is 23.9 Å². The maximum atomic E-state index is 3.78. The van der Waals surface area contributed by atoms with Crippen molar-refractivity contribution in [3.63, 3.8) is 0 Å². The number of hydrogen-bond acceptors (Lipinski definition) is 1. The van der Waals surface area contributed by atoms with Gasteiger partial charge in [0.2, 0.25) is 0 Å². The lowest BCUT2D eigenvalue weighted by molar-refractivity contribution is 0.261. The molecule has 0 aliphatic heterocycles. The van der Waals surface area contributed by atoms with Crippen molar-refractivity contribution >= 4 is 15.9 Å². The summed E-state index contributed by atoms with van der Waals surface area (Å²) in [5.74, 6) is 1.76. The Labute approximate surface area is 112 Å². The summed E-state index contributed by atoms with van der Waals surface area (Å²) < 4.78 is 1.18. The van der Waals surface area contributed by atoms with Crippen LogP contribution in [0.25, 0.3) is 0 Å². The zero-order valence-electron chi connectivity index (χ0n) is 10.3. The molecule has 1 nitrogen and oxygen atoms in total. The van der Waals surface area contributed by atoms with E-state index in [1.165, 1.54) is 35.7 Å². The first-order valence-corrected chi connectivity index (χ1v) is 7.53. The Morgan fingerprint density at radius 2 is 1.82 bits per heavy atom. The summed E-state index contributed by atoms with van der Waals surface area (Å²) in [6.45, 7) is 2.35. The standard InChI is InChI=1S/C15H20BrN/c1-10(11-2-3-11)17-15-8-13(9-15)12-4-6-14(16)7-5-12/h4-7,10-11,13,15,17H,2-3,8-9H2,1H3. The van der Waals surface area contributed by atoms with Crippen LogP contribution < -0.4 is 5.32 Å². The second-order valence-electron chi connectivity index (χ2n) is 5.71. The maximum absolute atomic E-state index is 3.78. The highest BCUT2D eigenvalue weighted by Crippen LogP contribution is 2.39. The molecule has 2 saturated carbocycles. The Morgan fingerprint density at radius 3 is 2.41 bits per heavy atom. The molecule has 2 heteroatoms. The van der Waals surface area contributed by atoms with E-state index in [1.54, 1.807) is 0 Å². The molecule has 0 saturated heterocycles. The Bertz CT molecular complexity index is 376. The first kappa shape index (κ1) is 11.7. The molecule has 0 aromatic heterocycles. The minimum atomic E-state index is 0.742. The summed E-state index contributed by atoms with van der Waals surface area (Å²) in [4.78, 5) is 0. The van der Waals surface area contributed by atoms with E-state index < -0.39 is 0 Å². The number of benzene rings is 1. The van der Waals surface area contributed by atoms with Crippen LogP contribution in [0.2, 0.25) is 0 Å². The van der Waals surface area contributed by atoms with Gasteiger partial charge in [-0.25, -0.2) is 0 Å². The summed E-state index contributed by atoms with van der Waals surface area (Å²) in [7, 11) is 0. The molecule has 1 unspecified atom stereocenters. The fourth-order valence-corrected chi connectivity index (χ4v) is 3.13. The number of rotatable bonds is 4. The number of hydrogen-bond donors (Lipinski definition) is 1. The van der Waals surface area contributed by atoms with Gasteiger partial charge < -0.3 is 5.32 Å². The molecule has 3 rings (SSSR count). The Morgan fingerprint density at radius 1 is 1.18 bits per heavy atom. The molecule has 0 radical (unpaired) electrons. The van der Waals surface area contributed by atoms with Crippen LogP contribution in [0.3, 0.4) is 0 Å².